The first kappa shape index (κ1) is 15.1. The standard InChI is InChI=1S/C20H24O2/c1-20(2)13-6-5-10-17(20)11-7-9-16-14-15-8-3-4-12-18(15)22-19(16)21/h3-4,8,10,12,14H,5-7,9,11,13H2,1-2H3. The van der Waals surface area contributed by atoms with Gasteiger partial charge in [0, 0.05) is 10.9 Å². The molecule has 1 aliphatic carbocycles. The molecule has 1 aliphatic rings. The van der Waals surface area contributed by atoms with E-state index >= 15 is 0 Å². The van der Waals surface area contributed by atoms with Crippen molar-refractivity contribution in [1.82, 2.24) is 0 Å². The predicted molar refractivity (Wildman–Crippen MR) is 91.1 cm³/mol. The van der Waals surface area contributed by atoms with Gasteiger partial charge in [0.15, 0.2) is 0 Å². The molecule has 0 amide bonds. The molecule has 0 aliphatic heterocycles. The maximum Gasteiger partial charge on any atom is 0.339 e. The third-order valence-corrected chi connectivity index (χ3v) is 4.87. The fourth-order valence-corrected chi connectivity index (χ4v) is 3.45. The van der Waals surface area contributed by atoms with Crippen molar-refractivity contribution in [2.45, 2.75) is 52.4 Å². The summed E-state index contributed by atoms with van der Waals surface area (Å²) in [5, 5.41) is 1.01. The number of allylic oxidation sites excluding steroid dienone is 2. The van der Waals surface area contributed by atoms with Crippen LogP contribution in [0.25, 0.3) is 11.0 Å². The van der Waals surface area contributed by atoms with Crippen molar-refractivity contribution in [2.75, 3.05) is 0 Å². The molecule has 22 heavy (non-hydrogen) atoms. The summed E-state index contributed by atoms with van der Waals surface area (Å²) in [5.74, 6) is 0. The largest absolute Gasteiger partial charge is 0.423 e. The zero-order valence-corrected chi connectivity index (χ0v) is 13.5. The highest BCUT2D eigenvalue weighted by Gasteiger charge is 2.24. The first-order valence-electron chi connectivity index (χ1n) is 8.27. The van der Waals surface area contributed by atoms with Gasteiger partial charge < -0.3 is 4.42 Å². The van der Waals surface area contributed by atoms with E-state index < -0.39 is 0 Å². The second-order valence-electron chi connectivity index (χ2n) is 6.96. The lowest BCUT2D eigenvalue weighted by Crippen LogP contribution is -2.18. The molecule has 0 unspecified atom stereocenters. The highest BCUT2D eigenvalue weighted by atomic mass is 16.4. The van der Waals surface area contributed by atoms with E-state index in [4.69, 9.17) is 4.42 Å². The second-order valence-corrected chi connectivity index (χ2v) is 6.96. The van der Waals surface area contributed by atoms with Crippen LogP contribution in [0.1, 0.15) is 51.5 Å². The summed E-state index contributed by atoms with van der Waals surface area (Å²) in [7, 11) is 0. The Morgan fingerprint density at radius 3 is 2.82 bits per heavy atom. The van der Waals surface area contributed by atoms with Crippen molar-refractivity contribution in [3.8, 4) is 0 Å². The van der Waals surface area contributed by atoms with Crippen LogP contribution >= 0.6 is 0 Å². The molecule has 3 rings (SSSR count). The summed E-state index contributed by atoms with van der Waals surface area (Å²) in [6.07, 6.45) is 9.07. The SMILES string of the molecule is CC1(C)CCCC=C1CCCc1cc2ccccc2oc1=O. The molecule has 1 heterocycles. The zero-order valence-electron chi connectivity index (χ0n) is 13.5. The molecule has 2 aromatic rings. The fourth-order valence-electron chi connectivity index (χ4n) is 3.45. The van der Waals surface area contributed by atoms with Crippen LogP contribution in [0, 0.1) is 5.41 Å². The number of fused-ring (bicyclic) bond motifs is 1. The zero-order chi connectivity index (χ0) is 15.6. The number of benzene rings is 1. The molecule has 0 atom stereocenters. The Morgan fingerprint density at radius 2 is 2.00 bits per heavy atom. The molecule has 0 radical (unpaired) electrons. The molecule has 1 aromatic heterocycles. The molecule has 0 N–H and O–H groups in total. The normalized spacial score (nSPS) is 17.5. The fraction of sp³-hybridized carbons (Fsp3) is 0.450. The number of hydrogen-bond acceptors (Lipinski definition) is 2. The maximum absolute atomic E-state index is 12.1. The maximum atomic E-state index is 12.1. The molecule has 0 saturated heterocycles. The monoisotopic (exact) mass is 296 g/mol. The Morgan fingerprint density at radius 1 is 1.18 bits per heavy atom. The minimum absolute atomic E-state index is 0.185. The molecule has 1 aromatic carbocycles. The van der Waals surface area contributed by atoms with Gasteiger partial charge in [0.1, 0.15) is 5.58 Å². The minimum atomic E-state index is -0.185. The van der Waals surface area contributed by atoms with Gasteiger partial charge in [0.2, 0.25) is 0 Å². The topological polar surface area (TPSA) is 30.2 Å². The van der Waals surface area contributed by atoms with E-state index in [-0.39, 0.29) is 5.63 Å². The van der Waals surface area contributed by atoms with Gasteiger partial charge >= 0.3 is 5.63 Å². The molecule has 0 fully saturated rings. The quantitative estimate of drug-likeness (QED) is 0.569. The summed E-state index contributed by atoms with van der Waals surface area (Å²) in [4.78, 5) is 12.1. The number of aryl methyl sites for hydroxylation is 1. The Kier molecular flexibility index (Phi) is 4.19. The van der Waals surface area contributed by atoms with Crippen LogP contribution < -0.4 is 5.63 Å². The van der Waals surface area contributed by atoms with Gasteiger partial charge in [-0.1, -0.05) is 43.7 Å². The third kappa shape index (κ3) is 3.16. The molecule has 116 valence electrons. The molecule has 2 heteroatoms. The minimum Gasteiger partial charge on any atom is -0.423 e. The second kappa shape index (κ2) is 6.12. The van der Waals surface area contributed by atoms with Crippen LogP contribution in [0.15, 0.2) is 51.2 Å². The van der Waals surface area contributed by atoms with Crippen molar-refractivity contribution >= 4 is 11.0 Å². The van der Waals surface area contributed by atoms with Gasteiger partial charge in [0.05, 0.1) is 0 Å². The summed E-state index contributed by atoms with van der Waals surface area (Å²) in [6, 6.07) is 9.69. The number of hydrogen-bond donors (Lipinski definition) is 0. The third-order valence-electron chi connectivity index (χ3n) is 4.87. The molecular weight excluding hydrogens is 272 g/mol. The molecule has 0 saturated carbocycles. The van der Waals surface area contributed by atoms with Gasteiger partial charge in [0.25, 0.3) is 0 Å². The van der Waals surface area contributed by atoms with E-state index in [0.29, 0.717) is 11.0 Å². The average molecular weight is 296 g/mol. The van der Waals surface area contributed by atoms with Gasteiger partial charge in [-0.15, -0.1) is 0 Å². The highest BCUT2D eigenvalue weighted by Crippen LogP contribution is 2.39. The summed E-state index contributed by atoms with van der Waals surface area (Å²) < 4.78 is 5.41. The summed E-state index contributed by atoms with van der Waals surface area (Å²) >= 11 is 0. The van der Waals surface area contributed by atoms with Gasteiger partial charge in [-0.05, 0) is 56.1 Å². The van der Waals surface area contributed by atoms with Crippen LogP contribution in [0.3, 0.4) is 0 Å². The van der Waals surface area contributed by atoms with E-state index in [0.717, 1.165) is 30.2 Å². The highest BCUT2D eigenvalue weighted by molar-refractivity contribution is 5.76. The van der Waals surface area contributed by atoms with Crippen molar-refractivity contribution < 1.29 is 4.42 Å². The first-order chi connectivity index (χ1) is 10.6. The molecule has 0 spiro atoms. The van der Waals surface area contributed by atoms with Gasteiger partial charge in [-0.2, -0.15) is 0 Å². The van der Waals surface area contributed by atoms with Crippen molar-refractivity contribution in [3.63, 3.8) is 0 Å². The lowest BCUT2D eigenvalue weighted by Gasteiger charge is -2.32. The van der Waals surface area contributed by atoms with Crippen LogP contribution in [0.4, 0.5) is 0 Å². The Hall–Kier alpha value is -1.83. The van der Waals surface area contributed by atoms with E-state index in [1.807, 2.05) is 30.3 Å². The van der Waals surface area contributed by atoms with Crippen molar-refractivity contribution in [2.24, 2.45) is 5.41 Å². The number of para-hydroxylation sites is 1. The van der Waals surface area contributed by atoms with Crippen molar-refractivity contribution in [3.05, 3.63) is 58.0 Å². The van der Waals surface area contributed by atoms with Crippen molar-refractivity contribution in [1.29, 1.82) is 0 Å². The Balaban J connectivity index is 1.70. The smallest absolute Gasteiger partial charge is 0.339 e. The van der Waals surface area contributed by atoms with Crippen LogP contribution in [0.2, 0.25) is 0 Å². The molecule has 2 nitrogen and oxygen atoms in total. The number of rotatable bonds is 4. The van der Waals surface area contributed by atoms with Crippen LogP contribution in [-0.2, 0) is 6.42 Å². The average Bonchev–Trinajstić information content (AvgIpc) is 2.49. The van der Waals surface area contributed by atoms with Gasteiger partial charge in [-0.3, -0.25) is 0 Å². The molecular formula is C20H24O2. The summed E-state index contributed by atoms with van der Waals surface area (Å²) in [6.45, 7) is 4.67. The Labute approximate surface area is 131 Å². The van der Waals surface area contributed by atoms with E-state index in [2.05, 4.69) is 19.9 Å². The first-order valence-corrected chi connectivity index (χ1v) is 8.27. The predicted octanol–water partition coefficient (Wildman–Crippen LogP) is 5.25. The lowest BCUT2D eigenvalue weighted by atomic mass is 9.74. The lowest BCUT2D eigenvalue weighted by molar-refractivity contribution is 0.360. The van der Waals surface area contributed by atoms with Crippen LogP contribution in [0.5, 0.6) is 0 Å². The Bertz CT molecular complexity index is 750. The van der Waals surface area contributed by atoms with Crippen LogP contribution in [-0.4, -0.2) is 0 Å². The molecule has 0 bridgehead atoms. The van der Waals surface area contributed by atoms with E-state index in [1.54, 1.807) is 5.57 Å². The van der Waals surface area contributed by atoms with E-state index in [1.165, 1.54) is 19.3 Å². The summed E-state index contributed by atoms with van der Waals surface area (Å²) in [5.41, 5.74) is 3.17. The van der Waals surface area contributed by atoms with Gasteiger partial charge in [-0.25, -0.2) is 4.79 Å². The van der Waals surface area contributed by atoms with E-state index in [9.17, 15) is 4.79 Å².